The van der Waals surface area contributed by atoms with Crippen molar-refractivity contribution in [2.24, 2.45) is 0 Å². The fourth-order valence-corrected chi connectivity index (χ4v) is 2.85. The lowest BCUT2D eigenvalue weighted by atomic mass is 10.2. The largest absolute Gasteiger partial charge is 0.416 e. The second kappa shape index (κ2) is 6.20. The van der Waals surface area contributed by atoms with E-state index in [1.165, 1.54) is 0 Å². The molecule has 0 bridgehead atoms. The van der Waals surface area contributed by atoms with E-state index in [0.29, 0.717) is 23.9 Å². The number of nitrogens with zero attached hydrogens (tertiary/aromatic N) is 4. The summed E-state index contributed by atoms with van der Waals surface area (Å²) in [4.78, 5) is 0.0713. The highest BCUT2D eigenvalue weighted by Crippen LogP contribution is 2.39. The van der Waals surface area contributed by atoms with Crippen molar-refractivity contribution in [2.75, 3.05) is 5.73 Å². The minimum Gasteiger partial charge on any atom is -0.383 e. The second-order valence-electron chi connectivity index (χ2n) is 4.07. The molecule has 0 aliphatic rings. The van der Waals surface area contributed by atoms with Gasteiger partial charge in [0.25, 0.3) is 0 Å². The van der Waals surface area contributed by atoms with Crippen LogP contribution in [-0.4, -0.2) is 9.78 Å². The van der Waals surface area contributed by atoms with Gasteiger partial charge < -0.3 is 5.73 Å². The number of hydrogen-bond acceptors (Lipinski definition) is 5. The molecule has 0 radical (unpaired) electrons. The first kappa shape index (κ1) is 17.3. The van der Waals surface area contributed by atoms with Crippen LogP contribution in [0.3, 0.4) is 0 Å². The number of thiocyanates is 1. The standard InChI is InChI=1S/C12H4Cl2F3N5S/c13-6-1-5(12(15,16)17)2-7(14)9(6)22-11(20)10(23-4-19)8(3-18)21-22/h1-2H,20H2. The summed E-state index contributed by atoms with van der Waals surface area (Å²) in [5.74, 6) is -0.128. The second-order valence-corrected chi connectivity index (χ2v) is 5.68. The predicted octanol–water partition coefficient (Wildman–Crippen LogP) is 4.22. The average molecular weight is 378 g/mol. The smallest absolute Gasteiger partial charge is 0.383 e. The number of benzene rings is 1. The van der Waals surface area contributed by atoms with Gasteiger partial charge in [0, 0.05) is 0 Å². The monoisotopic (exact) mass is 377 g/mol. The van der Waals surface area contributed by atoms with Crippen LogP contribution in [-0.2, 0) is 6.18 Å². The van der Waals surface area contributed by atoms with E-state index in [1.54, 1.807) is 11.5 Å². The maximum Gasteiger partial charge on any atom is 0.416 e. The molecule has 0 amide bonds. The minimum atomic E-state index is -4.62. The molecule has 2 rings (SSSR count). The lowest BCUT2D eigenvalue weighted by Gasteiger charge is -2.13. The third kappa shape index (κ3) is 3.17. The quantitative estimate of drug-likeness (QED) is 0.624. The molecule has 5 nitrogen and oxygen atoms in total. The van der Waals surface area contributed by atoms with Gasteiger partial charge in [0.1, 0.15) is 27.9 Å². The molecule has 2 aromatic rings. The molecule has 23 heavy (non-hydrogen) atoms. The predicted molar refractivity (Wildman–Crippen MR) is 79.2 cm³/mol. The number of aromatic nitrogens is 2. The zero-order valence-electron chi connectivity index (χ0n) is 10.8. The minimum absolute atomic E-state index is 0.0713. The van der Waals surface area contributed by atoms with Crippen LogP contribution in [0.15, 0.2) is 17.0 Å². The van der Waals surface area contributed by atoms with Crippen LogP contribution in [0, 0.1) is 22.0 Å². The Morgan fingerprint density at radius 1 is 1.22 bits per heavy atom. The van der Waals surface area contributed by atoms with Crippen LogP contribution in [0.25, 0.3) is 5.69 Å². The van der Waals surface area contributed by atoms with Crippen molar-refractivity contribution in [2.45, 2.75) is 11.1 Å². The van der Waals surface area contributed by atoms with Gasteiger partial charge in [-0.15, -0.1) is 0 Å². The molecule has 11 heteroatoms. The summed E-state index contributed by atoms with van der Waals surface area (Å²) in [5.41, 5.74) is 4.49. The van der Waals surface area contributed by atoms with Crippen LogP contribution < -0.4 is 5.73 Å². The molecule has 0 saturated heterocycles. The molecule has 0 aliphatic carbocycles. The number of nitrogens with two attached hydrogens (primary N) is 1. The lowest BCUT2D eigenvalue weighted by Crippen LogP contribution is -2.08. The fraction of sp³-hybridized carbons (Fsp3) is 0.0833. The Bertz CT molecular complexity index is 840. The van der Waals surface area contributed by atoms with Gasteiger partial charge in [-0.25, -0.2) is 4.68 Å². The number of hydrogen-bond donors (Lipinski definition) is 1. The van der Waals surface area contributed by atoms with E-state index in [2.05, 4.69) is 5.10 Å². The maximum atomic E-state index is 12.7. The van der Waals surface area contributed by atoms with Crippen LogP contribution in [0.5, 0.6) is 0 Å². The van der Waals surface area contributed by atoms with E-state index in [-0.39, 0.29) is 32.1 Å². The summed E-state index contributed by atoms with van der Waals surface area (Å²) >= 11 is 12.3. The van der Waals surface area contributed by atoms with Crippen LogP contribution in [0.1, 0.15) is 11.3 Å². The number of anilines is 1. The first-order valence-corrected chi connectivity index (χ1v) is 7.19. The lowest BCUT2D eigenvalue weighted by molar-refractivity contribution is -0.137. The van der Waals surface area contributed by atoms with E-state index in [1.807, 2.05) is 0 Å². The molecule has 118 valence electrons. The highest BCUT2D eigenvalue weighted by Gasteiger charge is 2.32. The van der Waals surface area contributed by atoms with Crippen molar-refractivity contribution in [3.63, 3.8) is 0 Å². The third-order valence-electron chi connectivity index (χ3n) is 2.69. The van der Waals surface area contributed by atoms with Crippen LogP contribution in [0.2, 0.25) is 10.0 Å². The summed E-state index contributed by atoms with van der Waals surface area (Å²) in [6.45, 7) is 0. The van der Waals surface area contributed by atoms with E-state index in [0.717, 1.165) is 4.68 Å². The zero-order chi connectivity index (χ0) is 17.4. The zero-order valence-corrected chi connectivity index (χ0v) is 13.1. The van der Waals surface area contributed by atoms with Crippen molar-refractivity contribution < 1.29 is 13.2 Å². The molecule has 1 aromatic carbocycles. The third-order valence-corrected chi connectivity index (χ3v) is 3.96. The Morgan fingerprint density at radius 3 is 2.22 bits per heavy atom. The number of thioether (sulfide) groups is 1. The molecular formula is C12H4Cl2F3N5S. The van der Waals surface area contributed by atoms with Crippen molar-refractivity contribution in [1.82, 2.24) is 9.78 Å². The van der Waals surface area contributed by atoms with Crippen molar-refractivity contribution in [3.8, 4) is 17.2 Å². The molecule has 0 saturated carbocycles. The van der Waals surface area contributed by atoms with Gasteiger partial charge in [0.05, 0.1) is 15.6 Å². The molecule has 1 heterocycles. The summed E-state index contributed by atoms with van der Waals surface area (Å²) in [6, 6.07) is 3.08. The normalized spacial score (nSPS) is 11.1. The van der Waals surface area contributed by atoms with Gasteiger partial charge in [-0.2, -0.15) is 28.8 Å². The Kier molecular flexibility index (Phi) is 4.66. The highest BCUT2D eigenvalue weighted by molar-refractivity contribution is 8.04. The van der Waals surface area contributed by atoms with Crippen LogP contribution >= 0.6 is 35.0 Å². The molecule has 0 atom stereocenters. The van der Waals surface area contributed by atoms with Crippen molar-refractivity contribution in [3.05, 3.63) is 33.4 Å². The molecule has 0 fully saturated rings. The van der Waals surface area contributed by atoms with E-state index >= 15 is 0 Å². The number of nitrogen functional groups attached to an aromatic ring is 1. The first-order chi connectivity index (χ1) is 10.7. The fourth-order valence-electron chi connectivity index (χ4n) is 1.74. The Morgan fingerprint density at radius 2 is 1.78 bits per heavy atom. The van der Waals surface area contributed by atoms with Gasteiger partial charge in [-0.1, -0.05) is 23.2 Å². The number of nitriles is 2. The molecular weight excluding hydrogens is 374 g/mol. The SMILES string of the molecule is N#CSc1c(C#N)nn(-c2c(Cl)cc(C(F)(F)F)cc2Cl)c1N. The molecule has 2 N–H and O–H groups in total. The van der Waals surface area contributed by atoms with Crippen LogP contribution in [0.4, 0.5) is 19.0 Å². The highest BCUT2D eigenvalue weighted by atomic mass is 35.5. The topological polar surface area (TPSA) is 91.4 Å². The van der Waals surface area contributed by atoms with Gasteiger partial charge in [0.2, 0.25) is 0 Å². The maximum absolute atomic E-state index is 12.7. The molecule has 1 aromatic heterocycles. The summed E-state index contributed by atoms with van der Waals surface area (Å²) in [7, 11) is 0. The Hall–Kier alpha value is -2.07. The van der Waals surface area contributed by atoms with E-state index in [9.17, 15) is 13.2 Å². The molecule has 0 aliphatic heterocycles. The summed E-state index contributed by atoms with van der Waals surface area (Å²) in [5, 5.41) is 22.6. The van der Waals surface area contributed by atoms with Gasteiger partial charge in [-0.3, -0.25) is 0 Å². The Balaban J connectivity index is 2.70. The number of halogens is 5. The number of rotatable bonds is 2. The summed E-state index contributed by atoms with van der Waals surface area (Å²) in [6.07, 6.45) is -4.62. The summed E-state index contributed by atoms with van der Waals surface area (Å²) < 4.78 is 39.1. The molecule has 0 spiro atoms. The van der Waals surface area contributed by atoms with Crippen molar-refractivity contribution >= 4 is 40.8 Å². The van der Waals surface area contributed by atoms with E-state index < -0.39 is 11.7 Å². The molecule has 0 unspecified atom stereocenters. The van der Waals surface area contributed by atoms with Gasteiger partial charge in [-0.05, 0) is 23.9 Å². The number of alkyl halides is 3. The van der Waals surface area contributed by atoms with Crippen molar-refractivity contribution in [1.29, 1.82) is 10.5 Å². The average Bonchev–Trinajstić information content (AvgIpc) is 2.75. The van der Waals surface area contributed by atoms with Gasteiger partial charge >= 0.3 is 6.18 Å². The first-order valence-electron chi connectivity index (χ1n) is 5.61. The van der Waals surface area contributed by atoms with E-state index in [4.69, 9.17) is 39.5 Å². The Labute approximate surface area is 142 Å². The van der Waals surface area contributed by atoms with Gasteiger partial charge in [0.15, 0.2) is 5.69 Å².